The molecule has 96 valence electrons. The molecule has 0 saturated carbocycles. The van der Waals surface area contributed by atoms with E-state index < -0.39 is 0 Å². The number of nitriles is 1. The van der Waals surface area contributed by atoms with Gasteiger partial charge in [0.2, 0.25) is 0 Å². The molecular formula is C15H15N3O. The van der Waals surface area contributed by atoms with Crippen LogP contribution in [-0.4, -0.2) is 4.98 Å². The molecule has 1 atom stereocenters. The van der Waals surface area contributed by atoms with Crippen molar-refractivity contribution in [3.05, 3.63) is 53.9 Å². The van der Waals surface area contributed by atoms with Crippen LogP contribution in [0, 0.1) is 11.3 Å². The maximum Gasteiger partial charge on any atom is 0.145 e. The van der Waals surface area contributed by atoms with Gasteiger partial charge in [0.25, 0.3) is 0 Å². The van der Waals surface area contributed by atoms with Crippen molar-refractivity contribution in [3.8, 4) is 17.6 Å². The summed E-state index contributed by atoms with van der Waals surface area (Å²) in [6.45, 7) is 2.01. The molecule has 2 N–H and O–H groups in total. The van der Waals surface area contributed by atoms with Crippen LogP contribution in [0.3, 0.4) is 0 Å². The molecule has 0 bridgehead atoms. The second kappa shape index (κ2) is 5.98. The zero-order chi connectivity index (χ0) is 13.7. The third kappa shape index (κ3) is 3.09. The topological polar surface area (TPSA) is 71.9 Å². The van der Waals surface area contributed by atoms with Gasteiger partial charge in [-0.05, 0) is 30.7 Å². The fraction of sp³-hybridized carbons (Fsp3) is 0.200. The van der Waals surface area contributed by atoms with Crippen molar-refractivity contribution < 1.29 is 4.74 Å². The van der Waals surface area contributed by atoms with Gasteiger partial charge < -0.3 is 10.5 Å². The van der Waals surface area contributed by atoms with Crippen LogP contribution in [0.5, 0.6) is 11.5 Å². The standard InChI is InChI=1S/C15H15N3O/c1-2-13(17)14-8-7-12(10-18-14)19-15-6-4-3-5-11(15)9-16/h3-8,10,13H,2,17H2,1H3/t13-/m1/s1. The second-order valence-electron chi connectivity index (χ2n) is 4.14. The summed E-state index contributed by atoms with van der Waals surface area (Å²) in [5.41, 5.74) is 7.23. The fourth-order valence-electron chi connectivity index (χ4n) is 1.66. The Hall–Kier alpha value is -2.38. The summed E-state index contributed by atoms with van der Waals surface area (Å²) < 4.78 is 5.64. The summed E-state index contributed by atoms with van der Waals surface area (Å²) in [6, 6.07) is 12.8. The lowest BCUT2D eigenvalue weighted by molar-refractivity contribution is 0.477. The Kier molecular flexibility index (Phi) is 4.11. The Morgan fingerprint density at radius 2 is 2.11 bits per heavy atom. The number of aromatic nitrogens is 1. The lowest BCUT2D eigenvalue weighted by Gasteiger charge is -2.10. The molecule has 0 unspecified atom stereocenters. The first-order chi connectivity index (χ1) is 9.24. The predicted octanol–water partition coefficient (Wildman–Crippen LogP) is 3.16. The molecule has 0 radical (unpaired) electrons. The SMILES string of the molecule is CC[C@@H](N)c1ccc(Oc2ccccc2C#N)cn1. The van der Waals surface area contributed by atoms with Crippen molar-refractivity contribution >= 4 is 0 Å². The first-order valence-corrected chi connectivity index (χ1v) is 6.13. The van der Waals surface area contributed by atoms with Crippen molar-refractivity contribution in [2.75, 3.05) is 0 Å². The Labute approximate surface area is 112 Å². The molecule has 0 spiro atoms. The Balaban J connectivity index is 2.18. The highest BCUT2D eigenvalue weighted by Crippen LogP contribution is 2.24. The number of nitrogens with two attached hydrogens (primary N) is 1. The summed E-state index contributed by atoms with van der Waals surface area (Å²) in [5, 5.41) is 8.98. The van der Waals surface area contributed by atoms with E-state index in [0.717, 1.165) is 12.1 Å². The summed E-state index contributed by atoms with van der Waals surface area (Å²) in [5.74, 6) is 1.12. The van der Waals surface area contributed by atoms with E-state index >= 15 is 0 Å². The molecule has 4 nitrogen and oxygen atoms in total. The minimum absolute atomic E-state index is 0.0551. The number of ether oxygens (including phenoxy) is 1. The molecule has 0 aliphatic carbocycles. The van der Waals surface area contributed by atoms with Crippen LogP contribution in [0.4, 0.5) is 0 Å². The van der Waals surface area contributed by atoms with Crippen molar-refractivity contribution in [2.24, 2.45) is 5.73 Å². The van der Waals surface area contributed by atoms with Crippen LogP contribution >= 0.6 is 0 Å². The highest BCUT2D eigenvalue weighted by molar-refractivity contribution is 5.44. The second-order valence-corrected chi connectivity index (χ2v) is 4.14. The average molecular weight is 253 g/mol. The molecule has 19 heavy (non-hydrogen) atoms. The van der Waals surface area contributed by atoms with E-state index in [1.54, 1.807) is 24.4 Å². The van der Waals surface area contributed by atoms with Crippen LogP contribution in [0.25, 0.3) is 0 Å². The minimum Gasteiger partial charge on any atom is -0.454 e. The molecule has 0 amide bonds. The molecular weight excluding hydrogens is 238 g/mol. The number of hydrogen-bond donors (Lipinski definition) is 1. The highest BCUT2D eigenvalue weighted by Gasteiger charge is 2.07. The van der Waals surface area contributed by atoms with Crippen LogP contribution in [0.1, 0.15) is 30.6 Å². The van der Waals surface area contributed by atoms with E-state index in [-0.39, 0.29) is 6.04 Å². The molecule has 0 fully saturated rings. The van der Waals surface area contributed by atoms with E-state index in [9.17, 15) is 0 Å². The molecule has 2 aromatic rings. The first-order valence-electron chi connectivity index (χ1n) is 6.13. The molecule has 1 aromatic carbocycles. The van der Waals surface area contributed by atoms with Gasteiger partial charge in [0.1, 0.15) is 17.6 Å². The van der Waals surface area contributed by atoms with Crippen molar-refractivity contribution in [1.82, 2.24) is 4.98 Å². The van der Waals surface area contributed by atoms with Gasteiger partial charge in [0.05, 0.1) is 17.5 Å². The number of hydrogen-bond acceptors (Lipinski definition) is 4. The number of pyridine rings is 1. The van der Waals surface area contributed by atoms with Gasteiger partial charge in [0.15, 0.2) is 0 Å². The van der Waals surface area contributed by atoms with Gasteiger partial charge in [-0.1, -0.05) is 19.1 Å². The van der Waals surface area contributed by atoms with Crippen LogP contribution in [-0.2, 0) is 0 Å². The van der Waals surface area contributed by atoms with E-state index in [1.165, 1.54) is 0 Å². The van der Waals surface area contributed by atoms with Crippen molar-refractivity contribution in [2.45, 2.75) is 19.4 Å². The van der Waals surface area contributed by atoms with Gasteiger partial charge >= 0.3 is 0 Å². The van der Waals surface area contributed by atoms with Crippen LogP contribution < -0.4 is 10.5 Å². The number of rotatable bonds is 4. The van der Waals surface area contributed by atoms with Gasteiger partial charge in [-0.3, -0.25) is 4.98 Å². The van der Waals surface area contributed by atoms with E-state index in [4.69, 9.17) is 15.7 Å². The van der Waals surface area contributed by atoms with Gasteiger partial charge in [0, 0.05) is 6.04 Å². The molecule has 1 heterocycles. The lowest BCUT2D eigenvalue weighted by atomic mass is 10.1. The maximum atomic E-state index is 8.98. The summed E-state index contributed by atoms with van der Waals surface area (Å²) in [6.07, 6.45) is 2.46. The van der Waals surface area contributed by atoms with E-state index in [1.807, 2.05) is 25.1 Å². The zero-order valence-electron chi connectivity index (χ0n) is 10.7. The van der Waals surface area contributed by atoms with Crippen molar-refractivity contribution in [1.29, 1.82) is 5.26 Å². The number of para-hydroxylation sites is 1. The highest BCUT2D eigenvalue weighted by atomic mass is 16.5. The molecule has 0 saturated heterocycles. The zero-order valence-corrected chi connectivity index (χ0v) is 10.7. The summed E-state index contributed by atoms with van der Waals surface area (Å²) in [4.78, 5) is 4.27. The van der Waals surface area contributed by atoms with Gasteiger partial charge in [-0.15, -0.1) is 0 Å². The fourth-order valence-corrected chi connectivity index (χ4v) is 1.66. The maximum absolute atomic E-state index is 8.98. The molecule has 4 heteroatoms. The number of nitrogens with zero attached hydrogens (tertiary/aromatic N) is 2. The quantitative estimate of drug-likeness (QED) is 0.908. The van der Waals surface area contributed by atoms with Gasteiger partial charge in [-0.25, -0.2) is 0 Å². The third-order valence-corrected chi connectivity index (χ3v) is 2.81. The molecule has 1 aromatic heterocycles. The summed E-state index contributed by atoms with van der Waals surface area (Å²) >= 11 is 0. The minimum atomic E-state index is -0.0551. The predicted molar refractivity (Wildman–Crippen MR) is 72.7 cm³/mol. The summed E-state index contributed by atoms with van der Waals surface area (Å²) in [7, 11) is 0. The first kappa shape index (κ1) is 13.1. The number of benzene rings is 1. The van der Waals surface area contributed by atoms with Gasteiger partial charge in [-0.2, -0.15) is 5.26 Å². The smallest absolute Gasteiger partial charge is 0.145 e. The Bertz CT molecular complexity index is 587. The van der Waals surface area contributed by atoms with Crippen molar-refractivity contribution in [3.63, 3.8) is 0 Å². The monoisotopic (exact) mass is 253 g/mol. The largest absolute Gasteiger partial charge is 0.454 e. The van der Waals surface area contributed by atoms with E-state index in [2.05, 4.69) is 11.1 Å². The third-order valence-electron chi connectivity index (χ3n) is 2.81. The Morgan fingerprint density at radius 3 is 2.74 bits per heavy atom. The average Bonchev–Trinajstić information content (AvgIpc) is 2.48. The molecule has 2 rings (SSSR count). The molecule has 0 aliphatic heterocycles. The van der Waals surface area contributed by atoms with E-state index in [0.29, 0.717) is 17.1 Å². The lowest BCUT2D eigenvalue weighted by Crippen LogP contribution is -2.10. The normalized spacial score (nSPS) is 11.6. The Morgan fingerprint density at radius 1 is 1.32 bits per heavy atom. The van der Waals surface area contributed by atoms with Crippen LogP contribution in [0.15, 0.2) is 42.6 Å². The molecule has 0 aliphatic rings. The van der Waals surface area contributed by atoms with Crippen LogP contribution in [0.2, 0.25) is 0 Å².